The number of aromatic nitrogens is 2. The fourth-order valence-corrected chi connectivity index (χ4v) is 3.58. The van der Waals surface area contributed by atoms with Gasteiger partial charge in [0.05, 0.1) is 30.0 Å². The van der Waals surface area contributed by atoms with Crippen molar-refractivity contribution in [3.63, 3.8) is 0 Å². The fraction of sp³-hybridized carbons (Fsp3) is 0.292. The second kappa shape index (κ2) is 13.7. The molecule has 0 atom stereocenters. The molecule has 9 nitrogen and oxygen atoms in total. The van der Waals surface area contributed by atoms with Gasteiger partial charge in [0.1, 0.15) is 36.9 Å². The van der Waals surface area contributed by atoms with Gasteiger partial charge in [-0.15, -0.1) is 12.4 Å². The van der Waals surface area contributed by atoms with E-state index < -0.39 is 0 Å². The molecule has 0 unspecified atom stereocenters. The Labute approximate surface area is 215 Å². The van der Waals surface area contributed by atoms with E-state index in [0.29, 0.717) is 35.4 Å². The highest BCUT2D eigenvalue weighted by Gasteiger charge is 2.11. The molecule has 186 valence electrons. The van der Waals surface area contributed by atoms with Crippen LogP contribution >= 0.6 is 24.0 Å². The van der Waals surface area contributed by atoms with E-state index in [1.165, 1.54) is 12.5 Å². The van der Waals surface area contributed by atoms with Crippen molar-refractivity contribution in [3.05, 3.63) is 71.0 Å². The van der Waals surface area contributed by atoms with Crippen LogP contribution in [-0.4, -0.2) is 60.5 Å². The van der Waals surface area contributed by atoms with Crippen LogP contribution in [0.3, 0.4) is 0 Å². The number of anilines is 3. The number of ether oxygens (including phenoxy) is 2. The highest BCUT2D eigenvalue weighted by atomic mass is 35.5. The van der Waals surface area contributed by atoms with Gasteiger partial charge in [0.15, 0.2) is 0 Å². The van der Waals surface area contributed by atoms with E-state index in [4.69, 9.17) is 31.6 Å². The second-order valence-electron chi connectivity index (χ2n) is 7.59. The van der Waals surface area contributed by atoms with Gasteiger partial charge in [0, 0.05) is 25.3 Å². The maximum atomic E-state index is 6.43. The van der Waals surface area contributed by atoms with Gasteiger partial charge in [-0.2, -0.15) is 0 Å². The van der Waals surface area contributed by atoms with Crippen LogP contribution in [0.1, 0.15) is 11.1 Å². The van der Waals surface area contributed by atoms with E-state index in [2.05, 4.69) is 25.3 Å². The van der Waals surface area contributed by atoms with E-state index >= 15 is 0 Å². The maximum absolute atomic E-state index is 6.43. The monoisotopic (exact) mass is 518 g/mol. The molecule has 1 aliphatic heterocycles. The highest BCUT2D eigenvalue weighted by Crippen LogP contribution is 2.30. The highest BCUT2D eigenvalue weighted by molar-refractivity contribution is 6.32. The topological polar surface area (TPSA) is 107 Å². The van der Waals surface area contributed by atoms with Crippen molar-refractivity contribution >= 4 is 47.5 Å². The zero-order chi connectivity index (χ0) is 23.6. The van der Waals surface area contributed by atoms with E-state index in [1.807, 2.05) is 36.4 Å². The largest absolute Gasteiger partial charge is 0.487 e. The van der Waals surface area contributed by atoms with Gasteiger partial charge >= 0.3 is 0 Å². The summed E-state index contributed by atoms with van der Waals surface area (Å²) in [6.07, 6.45) is 2.89. The van der Waals surface area contributed by atoms with Crippen LogP contribution in [-0.2, 0) is 16.2 Å². The number of rotatable bonds is 10. The second-order valence-corrected chi connectivity index (χ2v) is 7.99. The number of morpholine rings is 1. The zero-order valence-electron chi connectivity index (χ0n) is 19.1. The number of nitrogens with two attached hydrogens (primary N) is 1. The lowest BCUT2D eigenvalue weighted by Gasteiger charge is -2.25. The van der Waals surface area contributed by atoms with Crippen LogP contribution in [0.15, 0.2) is 60.0 Å². The molecule has 3 N–H and O–H groups in total. The molecule has 1 fully saturated rings. The van der Waals surface area contributed by atoms with Gasteiger partial charge in [0.25, 0.3) is 0 Å². The first-order valence-corrected chi connectivity index (χ1v) is 11.4. The van der Waals surface area contributed by atoms with Crippen LogP contribution in [0.2, 0.25) is 5.02 Å². The van der Waals surface area contributed by atoms with Gasteiger partial charge < -0.3 is 25.4 Å². The van der Waals surface area contributed by atoms with Crippen LogP contribution in [0.25, 0.3) is 0 Å². The predicted molar refractivity (Wildman–Crippen MR) is 140 cm³/mol. The summed E-state index contributed by atoms with van der Waals surface area (Å²) in [5.74, 6) is 1.36. The van der Waals surface area contributed by atoms with E-state index in [0.717, 1.165) is 44.1 Å². The molecule has 0 radical (unpaired) electrons. The molecule has 4 rings (SSSR count). The summed E-state index contributed by atoms with van der Waals surface area (Å²) in [6, 6.07) is 15.3. The molecule has 1 aromatic heterocycles. The van der Waals surface area contributed by atoms with Crippen molar-refractivity contribution in [1.29, 1.82) is 0 Å². The molecule has 2 heterocycles. The number of oxime groups is 1. The Balaban J connectivity index is 0.00000342. The van der Waals surface area contributed by atoms with Crippen molar-refractivity contribution < 1.29 is 14.3 Å². The van der Waals surface area contributed by atoms with Crippen molar-refractivity contribution in [2.75, 3.05) is 50.5 Å². The van der Waals surface area contributed by atoms with Crippen molar-refractivity contribution in [2.24, 2.45) is 5.16 Å². The number of hydrogen-bond donors (Lipinski definition) is 2. The van der Waals surface area contributed by atoms with Gasteiger partial charge in [-0.05, 0) is 23.8 Å². The average molecular weight is 519 g/mol. The molecule has 2 aromatic carbocycles. The minimum Gasteiger partial charge on any atom is -0.487 e. The fourth-order valence-electron chi connectivity index (χ4n) is 3.34. The first-order chi connectivity index (χ1) is 16.7. The summed E-state index contributed by atoms with van der Waals surface area (Å²) < 4.78 is 11.2. The third kappa shape index (κ3) is 7.97. The minimum atomic E-state index is 0. The summed E-state index contributed by atoms with van der Waals surface area (Å²) in [6.45, 7) is 4.98. The summed E-state index contributed by atoms with van der Waals surface area (Å²) in [5.41, 5.74) is 8.36. The number of nitrogen functional groups attached to an aromatic ring is 1. The molecule has 0 bridgehead atoms. The van der Waals surface area contributed by atoms with Crippen LogP contribution in [0.4, 0.5) is 17.3 Å². The molecule has 35 heavy (non-hydrogen) atoms. The molecule has 0 amide bonds. The summed E-state index contributed by atoms with van der Waals surface area (Å²) in [7, 11) is 0. The first kappa shape index (κ1) is 26.5. The maximum Gasteiger partial charge on any atom is 0.144 e. The normalized spacial score (nSPS) is 13.9. The smallest absolute Gasteiger partial charge is 0.144 e. The number of nitrogens with zero attached hydrogens (tertiary/aromatic N) is 4. The van der Waals surface area contributed by atoms with Gasteiger partial charge in [-0.3, -0.25) is 4.90 Å². The lowest BCUT2D eigenvalue weighted by molar-refractivity contribution is 0.0214. The third-order valence-electron chi connectivity index (χ3n) is 5.21. The Morgan fingerprint density at radius 3 is 2.71 bits per heavy atom. The summed E-state index contributed by atoms with van der Waals surface area (Å²) in [5, 5.41) is 7.73. The van der Waals surface area contributed by atoms with E-state index in [9.17, 15) is 0 Å². The first-order valence-electron chi connectivity index (χ1n) is 11.0. The zero-order valence-corrected chi connectivity index (χ0v) is 20.7. The van der Waals surface area contributed by atoms with Crippen molar-refractivity contribution in [1.82, 2.24) is 14.9 Å². The van der Waals surface area contributed by atoms with E-state index in [-0.39, 0.29) is 18.2 Å². The lowest BCUT2D eigenvalue weighted by Crippen LogP contribution is -2.38. The minimum absolute atomic E-state index is 0. The lowest BCUT2D eigenvalue weighted by atomic mass is 10.2. The number of hydrogen-bond acceptors (Lipinski definition) is 9. The van der Waals surface area contributed by atoms with Crippen molar-refractivity contribution in [3.8, 4) is 5.75 Å². The van der Waals surface area contributed by atoms with E-state index in [1.54, 1.807) is 12.1 Å². The SMILES string of the molecule is Cl.Nc1ncnc(Nc2ccc(OCc3ccccc3)c(Cl)c2)c1/C=N/OCCN1CCOCC1. The predicted octanol–water partition coefficient (Wildman–Crippen LogP) is 4.14. The standard InChI is InChI=1S/C24H27ClN6O3.ClH/c25-21-14-19(6-7-22(21)33-16-18-4-2-1-3-5-18)30-24-20(23(26)27-17-28-24)15-29-34-13-10-31-8-11-32-12-9-31;/h1-7,14-15,17H,8-13,16H2,(H3,26,27,28,30);1H/b29-15+;. The molecule has 11 heteroatoms. The Hall–Kier alpha value is -3.11. The molecule has 0 aliphatic carbocycles. The Morgan fingerprint density at radius 1 is 1.14 bits per heavy atom. The number of halogens is 2. The Bertz CT molecular complexity index is 1100. The summed E-state index contributed by atoms with van der Waals surface area (Å²) >= 11 is 6.43. The van der Waals surface area contributed by atoms with Gasteiger partial charge in [-0.25, -0.2) is 9.97 Å². The Morgan fingerprint density at radius 2 is 1.94 bits per heavy atom. The van der Waals surface area contributed by atoms with Crippen LogP contribution in [0.5, 0.6) is 5.75 Å². The number of nitrogens with one attached hydrogen (secondary N) is 1. The van der Waals surface area contributed by atoms with Crippen LogP contribution in [0, 0.1) is 0 Å². The van der Waals surface area contributed by atoms with Crippen LogP contribution < -0.4 is 15.8 Å². The molecule has 1 saturated heterocycles. The molecular weight excluding hydrogens is 491 g/mol. The average Bonchev–Trinajstić information content (AvgIpc) is 2.86. The molecule has 1 aliphatic rings. The Kier molecular flexibility index (Phi) is 10.4. The molecule has 0 spiro atoms. The van der Waals surface area contributed by atoms with Gasteiger partial charge in [-0.1, -0.05) is 47.1 Å². The summed E-state index contributed by atoms with van der Waals surface area (Å²) in [4.78, 5) is 16.0. The molecule has 0 saturated carbocycles. The van der Waals surface area contributed by atoms with Crippen molar-refractivity contribution in [2.45, 2.75) is 6.61 Å². The molecule has 3 aromatic rings. The third-order valence-corrected chi connectivity index (χ3v) is 5.50. The number of benzene rings is 2. The van der Waals surface area contributed by atoms with Gasteiger partial charge in [0.2, 0.25) is 0 Å². The molecular formula is C24H28Cl2N6O3. The quantitative estimate of drug-likeness (QED) is 0.234.